The molecule has 0 fully saturated rings. The van der Waals surface area contributed by atoms with E-state index in [4.69, 9.17) is 15.9 Å². The number of nitrogens with one attached hydrogen (secondary N) is 3. The van der Waals surface area contributed by atoms with Crippen LogP contribution in [0.4, 0.5) is 5.69 Å². The van der Waals surface area contributed by atoms with Gasteiger partial charge in [-0.05, 0) is 47.2 Å². The number of hydrogen-bond donors (Lipinski definition) is 4. The Morgan fingerprint density at radius 3 is 2.52 bits per heavy atom. The van der Waals surface area contributed by atoms with Crippen molar-refractivity contribution >= 4 is 28.0 Å². The highest BCUT2D eigenvalue weighted by Crippen LogP contribution is 2.25. The second-order valence-corrected chi connectivity index (χ2v) is 6.39. The molecule has 0 aromatic heterocycles. The molecule has 3 aromatic carbocycles. The van der Waals surface area contributed by atoms with E-state index in [0.717, 1.165) is 40.0 Å². The molecular formula is C23H27N5O. The van der Waals surface area contributed by atoms with E-state index in [0.29, 0.717) is 23.5 Å². The highest BCUT2D eigenvalue weighted by atomic mass is 16.5. The number of methoxy groups -OCH3 is 1. The number of amidine groups is 1. The molecule has 0 saturated heterocycles. The van der Waals surface area contributed by atoms with Gasteiger partial charge in [0, 0.05) is 28.9 Å². The van der Waals surface area contributed by atoms with Crippen molar-refractivity contribution < 1.29 is 4.74 Å². The first kappa shape index (κ1) is 20.4. The summed E-state index contributed by atoms with van der Waals surface area (Å²) in [5, 5.41) is 10.8. The maximum Gasteiger partial charge on any atom is 0.142 e. The van der Waals surface area contributed by atoms with Gasteiger partial charge in [0.1, 0.15) is 11.6 Å². The number of hydrazine groups is 1. The predicted octanol–water partition coefficient (Wildman–Crippen LogP) is 3.73. The van der Waals surface area contributed by atoms with Crippen molar-refractivity contribution in [2.45, 2.75) is 13.8 Å². The quantitative estimate of drug-likeness (QED) is 0.404. The van der Waals surface area contributed by atoms with Crippen molar-refractivity contribution in [3.63, 3.8) is 0 Å². The van der Waals surface area contributed by atoms with Crippen LogP contribution >= 0.6 is 0 Å². The Labute approximate surface area is 171 Å². The van der Waals surface area contributed by atoms with Crippen molar-refractivity contribution in [3.05, 3.63) is 71.3 Å². The first-order valence-electron chi connectivity index (χ1n) is 9.76. The van der Waals surface area contributed by atoms with Crippen molar-refractivity contribution in [1.29, 1.82) is 5.41 Å². The molecule has 1 heterocycles. The lowest BCUT2D eigenvalue weighted by molar-refractivity contribution is 0.415. The van der Waals surface area contributed by atoms with E-state index in [1.54, 1.807) is 7.11 Å². The lowest BCUT2D eigenvalue weighted by Crippen LogP contribution is -2.43. The summed E-state index contributed by atoms with van der Waals surface area (Å²) in [7, 11) is 1.65. The van der Waals surface area contributed by atoms with E-state index in [1.807, 2.05) is 68.4 Å². The fraction of sp³-hybridized carbons (Fsp3) is 0.217. The van der Waals surface area contributed by atoms with Crippen LogP contribution in [0.3, 0.4) is 0 Å². The molecule has 29 heavy (non-hydrogen) atoms. The lowest BCUT2D eigenvalue weighted by atomic mass is 9.96. The number of aliphatic imine (C=N–C) groups is 1. The topological polar surface area (TPSA) is 95.5 Å². The van der Waals surface area contributed by atoms with E-state index >= 15 is 0 Å². The van der Waals surface area contributed by atoms with Gasteiger partial charge >= 0.3 is 0 Å². The van der Waals surface area contributed by atoms with E-state index in [2.05, 4.69) is 15.8 Å². The molecule has 0 saturated carbocycles. The smallest absolute Gasteiger partial charge is 0.142 e. The molecule has 0 aliphatic carbocycles. The Balaban J connectivity index is 0.00000117. The molecule has 5 N–H and O–H groups in total. The number of rotatable bonds is 4. The Bertz CT molecular complexity index is 1060. The normalized spacial score (nSPS) is 13.0. The van der Waals surface area contributed by atoms with Crippen LogP contribution in [-0.4, -0.2) is 31.7 Å². The minimum Gasteiger partial charge on any atom is -0.497 e. The van der Waals surface area contributed by atoms with Gasteiger partial charge in [0.2, 0.25) is 0 Å². The lowest BCUT2D eigenvalue weighted by Gasteiger charge is -2.17. The summed E-state index contributed by atoms with van der Waals surface area (Å²) in [4.78, 5) is 4.48. The summed E-state index contributed by atoms with van der Waals surface area (Å²) in [6.45, 7) is 5.51. The molecule has 3 aromatic rings. The van der Waals surface area contributed by atoms with Crippen molar-refractivity contribution in [1.82, 2.24) is 10.9 Å². The fourth-order valence-corrected chi connectivity index (χ4v) is 3.15. The average Bonchev–Trinajstić information content (AvgIpc) is 2.80. The second kappa shape index (κ2) is 9.21. The van der Waals surface area contributed by atoms with Gasteiger partial charge in [-0.25, -0.2) is 5.43 Å². The van der Waals surface area contributed by atoms with Crippen molar-refractivity contribution in [2.24, 2.45) is 4.99 Å². The maximum atomic E-state index is 8.70. The summed E-state index contributed by atoms with van der Waals surface area (Å²) >= 11 is 0. The highest BCUT2D eigenvalue weighted by Gasteiger charge is 2.14. The van der Waals surface area contributed by atoms with Gasteiger partial charge in [0.25, 0.3) is 0 Å². The van der Waals surface area contributed by atoms with Crippen LogP contribution in [0.25, 0.3) is 10.8 Å². The van der Waals surface area contributed by atoms with Crippen LogP contribution < -0.4 is 21.3 Å². The zero-order valence-corrected chi connectivity index (χ0v) is 17.0. The number of ether oxygens (including phenoxy) is 1. The summed E-state index contributed by atoms with van der Waals surface area (Å²) in [6.07, 6.45) is 0. The van der Waals surface area contributed by atoms with Gasteiger partial charge in [-0.2, -0.15) is 0 Å². The van der Waals surface area contributed by atoms with Crippen LogP contribution in [0.2, 0.25) is 0 Å². The predicted molar refractivity (Wildman–Crippen MR) is 121 cm³/mol. The van der Waals surface area contributed by atoms with Crippen LogP contribution in [-0.2, 0) is 0 Å². The summed E-state index contributed by atoms with van der Waals surface area (Å²) in [6, 6.07) is 17.5. The van der Waals surface area contributed by atoms with Gasteiger partial charge in [-0.1, -0.05) is 32.0 Å². The number of hydrogen-bond acceptors (Lipinski definition) is 6. The zero-order valence-electron chi connectivity index (χ0n) is 17.0. The number of anilines is 1. The third kappa shape index (κ3) is 4.38. The molecule has 6 nitrogen and oxygen atoms in total. The highest BCUT2D eigenvalue weighted by molar-refractivity contribution is 6.16. The molecule has 4 rings (SSSR count). The molecule has 6 heteroatoms. The minimum absolute atomic E-state index is 0.386. The Morgan fingerprint density at radius 1 is 1.03 bits per heavy atom. The van der Waals surface area contributed by atoms with Gasteiger partial charge in [-0.3, -0.25) is 10.4 Å². The number of benzene rings is 3. The van der Waals surface area contributed by atoms with E-state index in [-0.39, 0.29) is 0 Å². The first-order chi connectivity index (χ1) is 14.2. The Morgan fingerprint density at radius 2 is 1.79 bits per heavy atom. The van der Waals surface area contributed by atoms with E-state index < -0.39 is 0 Å². The number of nitrogens with zero attached hydrogens (tertiary/aromatic N) is 1. The summed E-state index contributed by atoms with van der Waals surface area (Å²) < 4.78 is 5.27. The number of nitrogen functional groups attached to an aromatic ring is 1. The van der Waals surface area contributed by atoms with E-state index in [1.165, 1.54) is 0 Å². The van der Waals surface area contributed by atoms with Crippen LogP contribution in [0, 0.1) is 5.41 Å². The molecule has 150 valence electrons. The molecule has 0 amide bonds. The Kier molecular flexibility index (Phi) is 6.46. The number of nitrogens with two attached hydrogens (primary N) is 1. The van der Waals surface area contributed by atoms with E-state index in [9.17, 15) is 0 Å². The van der Waals surface area contributed by atoms with Gasteiger partial charge in [0.05, 0.1) is 19.4 Å². The molecular weight excluding hydrogens is 362 g/mol. The summed E-state index contributed by atoms with van der Waals surface area (Å²) in [5.41, 5.74) is 15.7. The molecule has 1 aliphatic rings. The SMILES string of the molecule is CC.COc1ccc2cc(C(=N)c3cc(C4=NCCNN4)ccc3N)ccc2c1. The Hall–Kier alpha value is -3.38. The monoisotopic (exact) mass is 389 g/mol. The minimum atomic E-state index is 0.386. The second-order valence-electron chi connectivity index (χ2n) is 6.39. The molecule has 0 unspecified atom stereocenters. The van der Waals surface area contributed by atoms with Crippen LogP contribution in [0.1, 0.15) is 30.5 Å². The van der Waals surface area contributed by atoms with Gasteiger partial charge < -0.3 is 15.9 Å². The third-order valence-electron chi connectivity index (χ3n) is 4.65. The zero-order chi connectivity index (χ0) is 20.8. The molecule has 0 atom stereocenters. The average molecular weight is 390 g/mol. The van der Waals surface area contributed by atoms with Crippen molar-refractivity contribution in [2.75, 3.05) is 25.9 Å². The fourth-order valence-electron chi connectivity index (χ4n) is 3.15. The van der Waals surface area contributed by atoms with Crippen LogP contribution in [0.5, 0.6) is 5.75 Å². The van der Waals surface area contributed by atoms with Gasteiger partial charge in [0.15, 0.2) is 0 Å². The largest absolute Gasteiger partial charge is 0.497 e. The maximum absolute atomic E-state index is 8.70. The standard InChI is InChI=1S/C21H21N5O.C2H6/c1-27-17-6-4-13-10-15(3-2-14(13)11-17)20(23)18-12-16(5-7-19(18)22)21-24-8-9-25-26-21;1-2/h2-7,10-12,23,25H,8-9,22H2,1H3,(H,24,26);1-2H3. The molecule has 0 radical (unpaired) electrons. The third-order valence-corrected chi connectivity index (χ3v) is 4.65. The van der Waals surface area contributed by atoms with Crippen LogP contribution in [0.15, 0.2) is 59.6 Å². The van der Waals surface area contributed by atoms with Gasteiger partial charge in [-0.15, -0.1) is 0 Å². The molecule has 1 aliphatic heterocycles. The molecule has 0 bridgehead atoms. The first-order valence-corrected chi connectivity index (χ1v) is 9.76. The molecule has 0 spiro atoms. The van der Waals surface area contributed by atoms with Crippen molar-refractivity contribution in [3.8, 4) is 5.75 Å². The number of fused-ring (bicyclic) bond motifs is 1. The summed E-state index contributed by atoms with van der Waals surface area (Å²) in [5.74, 6) is 1.58.